The number of fused-ring (bicyclic) bond motifs is 1. The molecule has 0 spiro atoms. The molecule has 1 N–H and O–H groups in total. The van der Waals surface area contributed by atoms with Gasteiger partial charge in [0.15, 0.2) is 0 Å². The minimum absolute atomic E-state index is 0.453. The highest BCUT2D eigenvalue weighted by molar-refractivity contribution is 4.90. The van der Waals surface area contributed by atoms with Crippen LogP contribution < -0.4 is 5.32 Å². The topological polar surface area (TPSA) is 15.3 Å². The predicted octanol–water partition coefficient (Wildman–Crippen LogP) is 4.06. The fourth-order valence-electron chi connectivity index (χ4n) is 4.27. The van der Waals surface area contributed by atoms with Crippen molar-refractivity contribution in [2.24, 2.45) is 11.3 Å². The second-order valence-electron chi connectivity index (χ2n) is 7.57. The molecule has 1 aliphatic carbocycles. The van der Waals surface area contributed by atoms with Crippen molar-refractivity contribution in [3.63, 3.8) is 0 Å². The minimum Gasteiger partial charge on any atom is -0.316 e. The Morgan fingerprint density at radius 1 is 1.10 bits per heavy atom. The van der Waals surface area contributed by atoms with Crippen LogP contribution in [0, 0.1) is 11.3 Å². The van der Waals surface area contributed by atoms with Crippen molar-refractivity contribution in [3.05, 3.63) is 0 Å². The molecule has 1 heterocycles. The van der Waals surface area contributed by atoms with Crippen LogP contribution in [0.1, 0.15) is 72.1 Å². The number of nitrogens with one attached hydrogen (secondary N) is 1. The van der Waals surface area contributed by atoms with Crippen LogP contribution in [0.2, 0.25) is 0 Å². The molecule has 0 aromatic carbocycles. The third-order valence-corrected chi connectivity index (χ3v) is 5.78. The first kappa shape index (κ1) is 16.3. The highest BCUT2D eigenvalue weighted by Crippen LogP contribution is 2.37. The van der Waals surface area contributed by atoms with E-state index in [1.807, 2.05) is 0 Å². The van der Waals surface area contributed by atoms with Gasteiger partial charge < -0.3 is 5.32 Å². The van der Waals surface area contributed by atoms with E-state index < -0.39 is 0 Å². The van der Waals surface area contributed by atoms with Crippen LogP contribution in [0.4, 0.5) is 0 Å². The van der Waals surface area contributed by atoms with Gasteiger partial charge in [0.25, 0.3) is 0 Å². The molecule has 1 unspecified atom stereocenters. The molecule has 2 aliphatic rings. The van der Waals surface area contributed by atoms with E-state index in [2.05, 4.69) is 31.0 Å². The van der Waals surface area contributed by atoms with E-state index in [1.165, 1.54) is 77.5 Å². The summed E-state index contributed by atoms with van der Waals surface area (Å²) in [5.41, 5.74) is 0.453. The zero-order chi connectivity index (χ0) is 14.4. The van der Waals surface area contributed by atoms with E-state index in [4.69, 9.17) is 0 Å². The Balaban J connectivity index is 1.91. The van der Waals surface area contributed by atoms with Gasteiger partial charge in [0.2, 0.25) is 0 Å². The Labute approximate surface area is 126 Å². The quantitative estimate of drug-likeness (QED) is 0.708. The fraction of sp³-hybridized carbons (Fsp3) is 1.00. The Kier molecular flexibility index (Phi) is 6.35. The molecule has 118 valence electrons. The SMILES string of the molecule is CCCNCC(C)(CC)CN1CCC[C@H]2CCCC[C@H]21. The summed E-state index contributed by atoms with van der Waals surface area (Å²) in [5.74, 6) is 1.02. The lowest BCUT2D eigenvalue weighted by Crippen LogP contribution is -2.52. The number of rotatable bonds is 7. The molecule has 2 fully saturated rings. The number of hydrogen-bond donors (Lipinski definition) is 1. The molecule has 2 nitrogen and oxygen atoms in total. The van der Waals surface area contributed by atoms with Crippen molar-refractivity contribution in [3.8, 4) is 0 Å². The van der Waals surface area contributed by atoms with Crippen LogP contribution in [0.3, 0.4) is 0 Å². The molecule has 2 rings (SSSR count). The van der Waals surface area contributed by atoms with Gasteiger partial charge in [-0.25, -0.2) is 0 Å². The first-order valence-electron chi connectivity index (χ1n) is 9.13. The monoisotopic (exact) mass is 280 g/mol. The average molecular weight is 280 g/mol. The Hall–Kier alpha value is -0.0800. The van der Waals surface area contributed by atoms with Gasteiger partial charge in [0, 0.05) is 19.1 Å². The number of hydrogen-bond acceptors (Lipinski definition) is 2. The molecule has 0 bridgehead atoms. The van der Waals surface area contributed by atoms with E-state index in [1.54, 1.807) is 0 Å². The van der Waals surface area contributed by atoms with Gasteiger partial charge in [-0.2, -0.15) is 0 Å². The molecule has 0 aromatic rings. The Bertz CT molecular complexity index is 277. The zero-order valence-corrected chi connectivity index (χ0v) is 14.1. The standard InChI is InChI=1S/C18H36N2/c1-4-12-19-14-18(3,5-2)15-20-13-8-10-16-9-6-7-11-17(16)20/h16-17,19H,4-15H2,1-3H3/t16-,17-,18?/m1/s1. The molecular formula is C18H36N2. The third kappa shape index (κ3) is 4.21. The summed E-state index contributed by atoms with van der Waals surface area (Å²) in [4.78, 5) is 2.87. The third-order valence-electron chi connectivity index (χ3n) is 5.78. The summed E-state index contributed by atoms with van der Waals surface area (Å²) in [5, 5.41) is 3.66. The summed E-state index contributed by atoms with van der Waals surface area (Å²) < 4.78 is 0. The lowest BCUT2D eigenvalue weighted by Gasteiger charge is -2.47. The van der Waals surface area contributed by atoms with Crippen LogP contribution in [-0.4, -0.2) is 37.1 Å². The van der Waals surface area contributed by atoms with Crippen LogP contribution in [0.5, 0.6) is 0 Å². The number of piperidine rings is 1. The van der Waals surface area contributed by atoms with Crippen LogP contribution >= 0.6 is 0 Å². The smallest absolute Gasteiger partial charge is 0.0124 e. The van der Waals surface area contributed by atoms with Gasteiger partial charge >= 0.3 is 0 Å². The van der Waals surface area contributed by atoms with Gasteiger partial charge in [-0.05, 0) is 62.9 Å². The zero-order valence-electron chi connectivity index (χ0n) is 14.1. The molecule has 0 amide bonds. The molecule has 1 aliphatic heterocycles. The van der Waals surface area contributed by atoms with Crippen molar-refractivity contribution in [1.29, 1.82) is 0 Å². The van der Waals surface area contributed by atoms with E-state index in [9.17, 15) is 0 Å². The molecule has 1 saturated carbocycles. The fourth-order valence-corrected chi connectivity index (χ4v) is 4.27. The molecule has 0 aromatic heterocycles. The highest BCUT2D eigenvalue weighted by atomic mass is 15.2. The molecular weight excluding hydrogens is 244 g/mol. The Morgan fingerprint density at radius 2 is 1.85 bits per heavy atom. The summed E-state index contributed by atoms with van der Waals surface area (Å²) in [6, 6.07) is 0.912. The number of likely N-dealkylation sites (tertiary alicyclic amines) is 1. The minimum atomic E-state index is 0.453. The van der Waals surface area contributed by atoms with Gasteiger partial charge in [-0.1, -0.05) is 33.6 Å². The van der Waals surface area contributed by atoms with Crippen molar-refractivity contribution in [2.45, 2.75) is 78.2 Å². The maximum Gasteiger partial charge on any atom is 0.0124 e. The first-order valence-corrected chi connectivity index (χ1v) is 9.13. The lowest BCUT2D eigenvalue weighted by molar-refractivity contribution is 0.0266. The summed E-state index contributed by atoms with van der Waals surface area (Å²) in [6.07, 6.45) is 11.4. The summed E-state index contributed by atoms with van der Waals surface area (Å²) in [7, 11) is 0. The van der Waals surface area contributed by atoms with Gasteiger partial charge in [-0.3, -0.25) is 4.90 Å². The average Bonchev–Trinajstić information content (AvgIpc) is 2.48. The normalized spacial score (nSPS) is 30.8. The van der Waals surface area contributed by atoms with Gasteiger partial charge in [0.05, 0.1) is 0 Å². The summed E-state index contributed by atoms with van der Waals surface area (Å²) >= 11 is 0. The predicted molar refractivity (Wildman–Crippen MR) is 88.1 cm³/mol. The van der Waals surface area contributed by atoms with Crippen molar-refractivity contribution >= 4 is 0 Å². The van der Waals surface area contributed by atoms with Crippen molar-refractivity contribution in [1.82, 2.24) is 10.2 Å². The Morgan fingerprint density at radius 3 is 2.60 bits per heavy atom. The molecule has 2 heteroatoms. The maximum absolute atomic E-state index is 3.66. The van der Waals surface area contributed by atoms with E-state index in [0.29, 0.717) is 5.41 Å². The van der Waals surface area contributed by atoms with E-state index in [-0.39, 0.29) is 0 Å². The van der Waals surface area contributed by atoms with Crippen LogP contribution in [0.25, 0.3) is 0 Å². The second-order valence-corrected chi connectivity index (χ2v) is 7.57. The first-order chi connectivity index (χ1) is 9.68. The summed E-state index contributed by atoms with van der Waals surface area (Å²) in [6.45, 7) is 12.1. The van der Waals surface area contributed by atoms with E-state index >= 15 is 0 Å². The molecule has 3 atom stereocenters. The molecule has 20 heavy (non-hydrogen) atoms. The lowest BCUT2D eigenvalue weighted by atomic mass is 9.76. The van der Waals surface area contributed by atoms with Gasteiger partial charge in [-0.15, -0.1) is 0 Å². The maximum atomic E-state index is 3.66. The highest BCUT2D eigenvalue weighted by Gasteiger charge is 2.36. The number of nitrogens with zero attached hydrogens (tertiary/aromatic N) is 1. The molecule has 0 radical (unpaired) electrons. The largest absolute Gasteiger partial charge is 0.316 e. The second kappa shape index (κ2) is 7.79. The van der Waals surface area contributed by atoms with Crippen LogP contribution in [-0.2, 0) is 0 Å². The van der Waals surface area contributed by atoms with E-state index in [0.717, 1.165) is 12.0 Å². The van der Waals surface area contributed by atoms with Crippen molar-refractivity contribution < 1.29 is 0 Å². The van der Waals surface area contributed by atoms with Crippen LogP contribution in [0.15, 0.2) is 0 Å². The van der Waals surface area contributed by atoms with Gasteiger partial charge in [0.1, 0.15) is 0 Å². The van der Waals surface area contributed by atoms with Crippen molar-refractivity contribution in [2.75, 3.05) is 26.2 Å². The molecule has 1 saturated heterocycles.